The van der Waals surface area contributed by atoms with Gasteiger partial charge in [0.1, 0.15) is 0 Å². The van der Waals surface area contributed by atoms with Crippen LogP contribution >= 0.6 is 0 Å². The lowest BCUT2D eigenvalue weighted by Crippen LogP contribution is -2.08. The number of carbonyl (C=O) groups is 1. The van der Waals surface area contributed by atoms with E-state index >= 15 is 0 Å². The summed E-state index contributed by atoms with van der Waals surface area (Å²) >= 11 is 0. The van der Waals surface area contributed by atoms with E-state index in [1.54, 1.807) is 0 Å². The Morgan fingerprint density at radius 2 is 1.95 bits per heavy atom. The van der Waals surface area contributed by atoms with Crippen molar-refractivity contribution >= 4 is 11.7 Å². The molecular formula is C18H19NO2. The Hall–Kier alpha value is -2.29. The van der Waals surface area contributed by atoms with Crippen LogP contribution < -0.4 is 5.32 Å². The van der Waals surface area contributed by atoms with E-state index in [9.17, 15) is 4.79 Å². The summed E-state index contributed by atoms with van der Waals surface area (Å²) in [6.07, 6.45) is 2.49. The number of carbonyl (C=O) groups excluding carboxylic acids is 1. The summed E-state index contributed by atoms with van der Waals surface area (Å²) in [5.74, 6) is 0.363. The van der Waals surface area contributed by atoms with Crippen LogP contribution in [0.3, 0.4) is 0 Å². The maximum atomic E-state index is 11.9. The lowest BCUT2D eigenvalue weighted by atomic mass is 10.1. The molecule has 0 heterocycles. The largest absolute Gasteiger partial charge is 0.465 e. The maximum absolute atomic E-state index is 11.9. The number of methoxy groups -OCH3 is 1. The zero-order valence-corrected chi connectivity index (χ0v) is 12.1. The molecule has 108 valence electrons. The SMILES string of the molecule is COC(=O)c1ccc(C2CC2)cc1NCc1ccccc1. The fourth-order valence-corrected chi connectivity index (χ4v) is 2.46. The number of ether oxygens (including phenoxy) is 1. The average Bonchev–Trinajstić information content (AvgIpc) is 3.38. The van der Waals surface area contributed by atoms with Crippen molar-refractivity contribution in [2.24, 2.45) is 0 Å². The fraction of sp³-hybridized carbons (Fsp3) is 0.278. The Bertz CT molecular complexity index is 633. The van der Waals surface area contributed by atoms with Crippen LogP contribution in [0.1, 0.15) is 40.2 Å². The molecule has 2 aromatic carbocycles. The number of anilines is 1. The number of hydrogen-bond acceptors (Lipinski definition) is 3. The molecule has 3 heteroatoms. The normalized spacial score (nSPS) is 13.8. The second-order valence-corrected chi connectivity index (χ2v) is 5.41. The summed E-state index contributed by atoms with van der Waals surface area (Å²) in [6, 6.07) is 16.2. The summed E-state index contributed by atoms with van der Waals surface area (Å²) in [5.41, 5.74) is 3.94. The molecular weight excluding hydrogens is 262 g/mol. The van der Waals surface area contributed by atoms with Crippen LogP contribution in [0.2, 0.25) is 0 Å². The first-order chi connectivity index (χ1) is 10.3. The first-order valence-electron chi connectivity index (χ1n) is 7.28. The molecule has 0 atom stereocenters. The van der Waals surface area contributed by atoms with Crippen molar-refractivity contribution in [1.29, 1.82) is 0 Å². The highest BCUT2D eigenvalue weighted by Crippen LogP contribution is 2.41. The smallest absolute Gasteiger partial charge is 0.339 e. The number of nitrogens with one attached hydrogen (secondary N) is 1. The van der Waals surface area contributed by atoms with Gasteiger partial charge in [0.05, 0.1) is 12.7 Å². The molecule has 0 aromatic heterocycles. The maximum Gasteiger partial charge on any atom is 0.339 e. The zero-order chi connectivity index (χ0) is 14.7. The minimum Gasteiger partial charge on any atom is -0.465 e. The van der Waals surface area contributed by atoms with Crippen LogP contribution in [0, 0.1) is 0 Å². The third kappa shape index (κ3) is 3.24. The molecule has 1 aliphatic rings. The van der Waals surface area contributed by atoms with Crippen molar-refractivity contribution < 1.29 is 9.53 Å². The minimum absolute atomic E-state index is 0.298. The van der Waals surface area contributed by atoms with Gasteiger partial charge in [-0.25, -0.2) is 4.79 Å². The van der Waals surface area contributed by atoms with E-state index in [0.717, 1.165) is 5.69 Å². The molecule has 1 fully saturated rings. The Balaban J connectivity index is 1.83. The van der Waals surface area contributed by atoms with Crippen LogP contribution in [-0.2, 0) is 11.3 Å². The first-order valence-corrected chi connectivity index (χ1v) is 7.28. The fourth-order valence-electron chi connectivity index (χ4n) is 2.46. The van der Waals surface area contributed by atoms with E-state index in [4.69, 9.17) is 4.74 Å². The van der Waals surface area contributed by atoms with Gasteiger partial charge in [0.15, 0.2) is 0 Å². The molecule has 3 nitrogen and oxygen atoms in total. The molecule has 0 unspecified atom stereocenters. The third-order valence-electron chi connectivity index (χ3n) is 3.82. The standard InChI is InChI=1S/C18H19NO2/c1-21-18(20)16-10-9-15(14-7-8-14)11-17(16)19-12-13-5-3-2-4-6-13/h2-6,9-11,14,19H,7-8,12H2,1H3. The highest BCUT2D eigenvalue weighted by atomic mass is 16.5. The van der Waals surface area contributed by atoms with Gasteiger partial charge in [0.25, 0.3) is 0 Å². The zero-order valence-electron chi connectivity index (χ0n) is 12.1. The molecule has 21 heavy (non-hydrogen) atoms. The van der Waals surface area contributed by atoms with E-state index in [0.29, 0.717) is 18.0 Å². The van der Waals surface area contributed by atoms with Crippen LogP contribution in [0.4, 0.5) is 5.69 Å². The Labute approximate surface area is 124 Å². The summed E-state index contributed by atoms with van der Waals surface area (Å²) in [6.45, 7) is 0.693. The summed E-state index contributed by atoms with van der Waals surface area (Å²) < 4.78 is 4.87. The predicted molar refractivity (Wildman–Crippen MR) is 83.5 cm³/mol. The molecule has 0 aliphatic heterocycles. The minimum atomic E-state index is -0.298. The quantitative estimate of drug-likeness (QED) is 0.843. The monoisotopic (exact) mass is 281 g/mol. The summed E-state index contributed by atoms with van der Waals surface area (Å²) in [5, 5.41) is 3.37. The molecule has 1 N–H and O–H groups in total. The number of hydrogen-bond donors (Lipinski definition) is 1. The molecule has 0 radical (unpaired) electrons. The van der Waals surface area contributed by atoms with E-state index in [1.807, 2.05) is 30.3 Å². The van der Waals surface area contributed by atoms with Gasteiger partial charge in [-0.3, -0.25) is 0 Å². The van der Waals surface area contributed by atoms with Crippen molar-refractivity contribution in [3.05, 3.63) is 65.2 Å². The van der Waals surface area contributed by atoms with Crippen molar-refractivity contribution in [3.63, 3.8) is 0 Å². The third-order valence-corrected chi connectivity index (χ3v) is 3.82. The van der Waals surface area contributed by atoms with Gasteiger partial charge >= 0.3 is 5.97 Å². The Morgan fingerprint density at radius 1 is 1.19 bits per heavy atom. The Morgan fingerprint density at radius 3 is 2.62 bits per heavy atom. The molecule has 0 spiro atoms. The summed E-state index contributed by atoms with van der Waals surface area (Å²) in [7, 11) is 1.41. The second-order valence-electron chi connectivity index (χ2n) is 5.41. The van der Waals surface area contributed by atoms with E-state index in [-0.39, 0.29) is 5.97 Å². The topological polar surface area (TPSA) is 38.3 Å². The van der Waals surface area contributed by atoms with Gasteiger partial charge < -0.3 is 10.1 Å². The van der Waals surface area contributed by atoms with Crippen molar-refractivity contribution in [2.75, 3.05) is 12.4 Å². The average molecular weight is 281 g/mol. The number of benzene rings is 2. The highest BCUT2D eigenvalue weighted by Gasteiger charge is 2.25. The Kier molecular flexibility index (Phi) is 3.91. The van der Waals surface area contributed by atoms with Gasteiger partial charge in [-0.05, 0) is 42.0 Å². The van der Waals surface area contributed by atoms with Crippen LogP contribution in [0.5, 0.6) is 0 Å². The van der Waals surface area contributed by atoms with Gasteiger partial charge in [0, 0.05) is 12.2 Å². The van der Waals surface area contributed by atoms with Crippen LogP contribution in [0.15, 0.2) is 48.5 Å². The molecule has 1 aliphatic carbocycles. The van der Waals surface area contributed by atoms with E-state index < -0.39 is 0 Å². The van der Waals surface area contributed by atoms with Gasteiger partial charge in [0.2, 0.25) is 0 Å². The predicted octanol–water partition coefficient (Wildman–Crippen LogP) is 3.96. The van der Waals surface area contributed by atoms with E-state index in [2.05, 4.69) is 23.5 Å². The van der Waals surface area contributed by atoms with Crippen molar-refractivity contribution in [3.8, 4) is 0 Å². The van der Waals surface area contributed by atoms with E-state index in [1.165, 1.54) is 31.1 Å². The molecule has 3 rings (SSSR count). The van der Waals surface area contributed by atoms with Gasteiger partial charge in [-0.15, -0.1) is 0 Å². The lowest BCUT2D eigenvalue weighted by Gasteiger charge is -2.13. The molecule has 0 bridgehead atoms. The van der Waals surface area contributed by atoms with Crippen molar-refractivity contribution in [2.45, 2.75) is 25.3 Å². The molecule has 2 aromatic rings. The van der Waals surface area contributed by atoms with Gasteiger partial charge in [-0.2, -0.15) is 0 Å². The number of esters is 1. The highest BCUT2D eigenvalue weighted by molar-refractivity contribution is 5.95. The van der Waals surface area contributed by atoms with Crippen LogP contribution in [0.25, 0.3) is 0 Å². The van der Waals surface area contributed by atoms with Gasteiger partial charge in [-0.1, -0.05) is 36.4 Å². The summed E-state index contributed by atoms with van der Waals surface area (Å²) in [4.78, 5) is 11.9. The lowest BCUT2D eigenvalue weighted by molar-refractivity contribution is 0.0602. The first kappa shape index (κ1) is 13.7. The van der Waals surface area contributed by atoms with Crippen molar-refractivity contribution in [1.82, 2.24) is 0 Å². The second kappa shape index (κ2) is 6.00. The molecule has 0 saturated heterocycles. The van der Waals surface area contributed by atoms with Crippen LogP contribution in [-0.4, -0.2) is 13.1 Å². The molecule has 1 saturated carbocycles. The molecule has 0 amide bonds. The number of rotatable bonds is 5.